The molecule has 0 spiro atoms. The number of rotatable bonds is 3. The molecule has 4 rings (SSSR count). The van der Waals surface area contributed by atoms with Crippen LogP contribution in [0.3, 0.4) is 0 Å². The van der Waals surface area contributed by atoms with Crippen LogP contribution in [0.5, 0.6) is 0 Å². The highest BCUT2D eigenvalue weighted by atomic mass is 19.1. The van der Waals surface area contributed by atoms with Crippen molar-refractivity contribution in [1.29, 1.82) is 0 Å². The van der Waals surface area contributed by atoms with E-state index in [1.165, 1.54) is 6.07 Å². The Morgan fingerprint density at radius 1 is 1.12 bits per heavy atom. The fraction of sp³-hybridized carbons (Fsp3) is 0.136. The SMILES string of the molecule is Cc1ccc(F)c(C(=O)c2c[nH]c3c2C=C(c2ccccc2)CN3C)c1. The van der Waals surface area contributed by atoms with Crippen molar-refractivity contribution in [3.8, 4) is 0 Å². The number of nitrogens with zero attached hydrogens (tertiary/aromatic N) is 1. The van der Waals surface area contributed by atoms with Crippen molar-refractivity contribution in [3.05, 3.63) is 88.4 Å². The van der Waals surface area contributed by atoms with Crippen LogP contribution < -0.4 is 4.90 Å². The van der Waals surface area contributed by atoms with Crippen LogP contribution in [-0.4, -0.2) is 24.4 Å². The number of ketones is 1. The van der Waals surface area contributed by atoms with Gasteiger partial charge in [-0.25, -0.2) is 4.39 Å². The van der Waals surface area contributed by atoms with E-state index in [0.29, 0.717) is 5.56 Å². The summed E-state index contributed by atoms with van der Waals surface area (Å²) in [6.45, 7) is 2.59. The van der Waals surface area contributed by atoms with E-state index in [1.807, 2.05) is 38.2 Å². The van der Waals surface area contributed by atoms with E-state index in [0.717, 1.165) is 34.6 Å². The molecule has 3 aromatic rings. The maximum atomic E-state index is 14.2. The number of halogens is 1. The fourth-order valence-corrected chi connectivity index (χ4v) is 3.41. The van der Waals surface area contributed by atoms with Gasteiger partial charge in [0.25, 0.3) is 0 Å². The number of fused-ring (bicyclic) bond motifs is 1. The Balaban J connectivity index is 1.82. The van der Waals surface area contributed by atoms with Crippen LogP contribution in [0, 0.1) is 12.7 Å². The molecular weight excluding hydrogens is 327 g/mol. The van der Waals surface area contributed by atoms with Crippen LogP contribution in [-0.2, 0) is 0 Å². The molecule has 1 N–H and O–H groups in total. The van der Waals surface area contributed by atoms with E-state index in [2.05, 4.69) is 22.0 Å². The molecule has 2 heterocycles. The van der Waals surface area contributed by atoms with Crippen LogP contribution in [0.25, 0.3) is 11.6 Å². The van der Waals surface area contributed by atoms with Gasteiger partial charge in [-0.05, 0) is 36.3 Å². The summed E-state index contributed by atoms with van der Waals surface area (Å²) in [6.07, 6.45) is 3.71. The molecule has 0 fully saturated rings. The van der Waals surface area contributed by atoms with E-state index >= 15 is 0 Å². The van der Waals surface area contributed by atoms with Crippen molar-refractivity contribution in [2.24, 2.45) is 0 Å². The second-order valence-corrected chi connectivity index (χ2v) is 6.67. The minimum Gasteiger partial charge on any atom is -0.356 e. The zero-order chi connectivity index (χ0) is 18.3. The molecular formula is C22H19FN2O. The largest absolute Gasteiger partial charge is 0.356 e. The summed E-state index contributed by atoms with van der Waals surface area (Å²) in [4.78, 5) is 18.2. The molecule has 0 bridgehead atoms. The van der Waals surface area contributed by atoms with Gasteiger partial charge in [0.15, 0.2) is 5.78 Å². The van der Waals surface area contributed by atoms with Crippen LogP contribution >= 0.6 is 0 Å². The molecule has 0 saturated carbocycles. The second kappa shape index (κ2) is 6.30. The highest BCUT2D eigenvalue weighted by molar-refractivity contribution is 6.13. The van der Waals surface area contributed by atoms with E-state index < -0.39 is 5.82 Å². The summed E-state index contributed by atoms with van der Waals surface area (Å²) in [5, 5.41) is 0. The van der Waals surface area contributed by atoms with Crippen LogP contribution in [0.15, 0.2) is 54.7 Å². The monoisotopic (exact) mass is 346 g/mol. The number of carbonyl (C=O) groups excluding carboxylic acids is 1. The van der Waals surface area contributed by atoms with E-state index in [9.17, 15) is 9.18 Å². The van der Waals surface area contributed by atoms with Crippen molar-refractivity contribution >= 4 is 23.3 Å². The average molecular weight is 346 g/mol. The first-order valence-electron chi connectivity index (χ1n) is 8.54. The fourth-order valence-electron chi connectivity index (χ4n) is 3.41. The summed E-state index contributed by atoms with van der Waals surface area (Å²) in [5.74, 6) is 0.0794. The number of aromatic nitrogens is 1. The first kappa shape index (κ1) is 16.3. The van der Waals surface area contributed by atoms with Gasteiger partial charge in [-0.15, -0.1) is 0 Å². The number of likely N-dealkylation sites (N-methyl/N-ethyl adjacent to an activating group) is 1. The lowest BCUT2D eigenvalue weighted by molar-refractivity contribution is 0.103. The third kappa shape index (κ3) is 2.73. The topological polar surface area (TPSA) is 36.1 Å². The molecule has 0 aliphatic carbocycles. The van der Waals surface area contributed by atoms with Gasteiger partial charge >= 0.3 is 0 Å². The van der Waals surface area contributed by atoms with E-state index in [4.69, 9.17) is 0 Å². The number of carbonyl (C=O) groups is 1. The lowest BCUT2D eigenvalue weighted by Crippen LogP contribution is -2.23. The minimum absolute atomic E-state index is 0.106. The molecule has 1 aliphatic rings. The molecule has 26 heavy (non-hydrogen) atoms. The van der Waals surface area contributed by atoms with Crippen LogP contribution in [0.2, 0.25) is 0 Å². The van der Waals surface area contributed by atoms with Crippen molar-refractivity contribution in [3.63, 3.8) is 0 Å². The number of aromatic amines is 1. The summed E-state index contributed by atoms with van der Waals surface area (Å²) < 4.78 is 14.2. The third-order valence-electron chi connectivity index (χ3n) is 4.76. The van der Waals surface area contributed by atoms with Gasteiger partial charge in [-0.3, -0.25) is 4.79 Å². The number of hydrogen-bond acceptors (Lipinski definition) is 2. The molecule has 3 nitrogen and oxygen atoms in total. The lowest BCUT2D eigenvalue weighted by atomic mass is 9.95. The molecule has 130 valence electrons. The maximum absolute atomic E-state index is 14.2. The highest BCUT2D eigenvalue weighted by Gasteiger charge is 2.25. The van der Waals surface area contributed by atoms with Gasteiger partial charge in [0.1, 0.15) is 11.6 Å². The minimum atomic E-state index is -0.494. The van der Waals surface area contributed by atoms with Crippen molar-refractivity contribution in [2.75, 3.05) is 18.5 Å². The Morgan fingerprint density at radius 2 is 1.88 bits per heavy atom. The Bertz CT molecular complexity index is 1020. The first-order valence-corrected chi connectivity index (χ1v) is 8.54. The first-order chi connectivity index (χ1) is 12.5. The summed E-state index contributed by atoms with van der Waals surface area (Å²) in [6, 6.07) is 14.7. The van der Waals surface area contributed by atoms with E-state index in [-0.39, 0.29) is 11.3 Å². The molecule has 0 saturated heterocycles. The quantitative estimate of drug-likeness (QED) is 0.699. The predicted octanol–water partition coefficient (Wildman–Crippen LogP) is 4.68. The van der Waals surface area contributed by atoms with Crippen molar-refractivity contribution in [2.45, 2.75) is 6.92 Å². The number of H-pyrrole nitrogens is 1. The number of anilines is 1. The zero-order valence-electron chi connectivity index (χ0n) is 14.7. The average Bonchev–Trinajstić information content (AvgIpc) is 3.08. The smallest absolute Gasteiger partial charge is 0.198 e. The van der Waals surface area contributed by atoms with Gasteiger partial charge in [-0.2, -0.15) is 0 Å². The van der Waals surface area contributed by atoms with Crippen LogP contribution in [0.1, 0.15) is 32.6 Å². The maximum Gasteiger partial charge on any atom is 0.198 e. The Hall–Kier alpha value is -3.14. The van der Waals surface area contributed by atoms with E-state index in [1.54, 1.807) is 18.3 Å². The standard InChI is InChI=1S/C22H19FN2O/c1-14-8-9-20(23)18(10-14)21(26)19-12-24-22-17(19)11-16(13-25(22)2)15-6-4-3-5-7-15/h3-12,24H,13H2,1-2H3. The van der Waals surface area contributed by atoms with Gasteiger partial charge in [0, 0.05) is 30.9 Å². The molecule has 1 aromatic heterocycles. The molecule has 0 unspecified atom stereocenters. The van der Waals surface area contributed by atoms with Gasteiger partial charge < -0.3 is 9.88 Å². The molecule has 4 heteroatoms. The highest BCUT2D eigenvalue weighted by Crippen LogP contribution is 2.34. The normalized spacial score (nSPS) is 13.3. The Labute approximate surface area is 151 Å². The number of hydrogen-bond donors (Lipinski definition) is 1. The lowest BCUT2D eigenvalue weighted by Gasteiger charge is -2.25. The Morgan fingerprint density at radius 3 is 2.65 bits per heavy atom. The van der Waals surface area contributed by atoms with Crippen LogP contribution in [0.4, 0.5) is 10.2 Å². The number of aryl methyl sites for hydroxylation is 1. The molecule has 0 amide bonds. The molecule has 0 radical (unpaired) electrons. The summed E-state index contributed by atoms with van der Waals surface area (Å²) >= 11 is 0. The summed E-state index contributed by atoms with van der Waals surface area (Å²) in [7, 11) is 1.98. The predicted molar refractivity (Wildman–Crippen MR) is 103 cm³/mol. The number of benzene rings is 2. The van der Waals surface area contributed by atoms with Crippen molar-refractivity contribution < 1.29 is 9.18 Å². The third-order valence-corrected chi connectivity index (χ3v) is 4.76. The molecule has 1 aliphatic heterocycles. The summed E-state index contributed by atoms with van der Waals surface area (Å²) in [5.41, 5.74) is 4.50. The zero-order valence-corrected chi connectivity index (χ0v) is 14.7. The van der Waals surface area contributed by atoms with Gasteiger partial charge in [0.2, 0.25) is 0 Å². The molecule has 2 aromatic carbocycles. The molecule has 0 atom stereocenters. The Kier molecular flexibility index (Phi) is 3.96. The van der Waals surface area contributed by atoms with Crippen molar-refractivity contribution in [1.82, 2.24) is 4.98 Å². The number of nitrogens with one attached hydrogen (secondary N) is 1. The van der Waals surface area contributed by atoms with Gasteiger partial charge in [-0.1, -0.05) is 42.0 Å². The van der Waals surface area contributed by atoms with Gasteiger partial charge in [0.05, 0.1) is 5.56 Å². The second-order valence-electron chi connectivity index (χ2n) is 6.67.